The molecule has 98 valence electrons. The second kappa shape index (κ2) is 5.36. The number of pyridine rings is 1. The average Bonchev–Trinajstić information content (AvgIpc) is 2.35. The zero-order valence-corrected chi connectivity index (χ0v) is 11.3. The van der Waals surface area contributed by atoms with Crippen LogP contribution in [0, 0.1) is 19.7 Å². The molecule has 1 heterocycles. The highest BCUT2D eigenvalue weighted by atomic mass is 35.5. The predicted octanol–water partition coefficient (Wildman–Crippen LogP) is 3.74. The molecule has 1 N–H and O–H groups in total. The van der Waals surface area contributed by atoms with Crippen LogP contribution in [0.1, 0.15) is 21.6 Å². The summed E-state index contributed by atoms with van der Waals surface area (Å²) in [5.41, 5.74) is 1.91. The average molecular weight is 279 g/mol. The summed E-state index contributed by atoms with van der Waals surface area (Å²) >= 11 is 5.73. The number of amides is 1. The molecule has 0 aliphatic rings. The molecular weight excluding hydrogens is 267 g/mol. The van der Waals surface area contributed by atoms with Crippen LogP contribution in [-0.4, -0.2) is 10.9 Å². The van der Waals surface area contributed by atoms with Crippen molar-refractivity contribution in [2.24, 2.45) is 0 Å². The van der Waals surface area contributed by atoms with E-state index in [1.807, 2.05) is 0 Å². The van der Waals surface area contributed by atoms with E-state index in [0.29, 0.717) is 16.5 Å². The Labute approximate surface area is 115 Å². The quantitative estimate of drug-likeness (QED) is 0.850. The van der Waals surface area contributed by atoms with Gasteiger partial charge in [-0.25, -0.2) is 9.37 Å². The van der Waals surface area contributed by atoms with Crippen molar-refractivity contribution in [2.75, 3.05) is 5.32 Å². The Balaban J connectivity index is 2.28. The van der Waals surface area contributed by atoms with Crippen LogP contribution in [0.5, 0.6) is 0 Å². The first-order chi connectivity index (χ1) is 8.97. The number of rotatable bonds is 2. The normalized spacial score (nSPS) is 10.3. The molecule has 0 fully saturated rings. The first kappa shape index (κ1) is 13.5. The van der Waals surface area contributed by atoms with Crippen molar-refractivity contribution in [2.45, 2.75) is 13.8 Å². The van der Waals surface area contributed by atoms with Crippen LogP contribution in [-0.2, 0) is 0 Å². The number of aryl methyl sites for hydroxylation is 2. The van der Waals surface area contributed by atoms with E-state index in [-0.39, 0.29) is 5.56 Å². The van der Waals surface area contributed by atoms with Gasteiger partial charge in [0.2, 0.25) is 0 Å². The molecule has 0 saturated carbocycles. The van der Waals surface area contributed by atoms with Crippen LogP contribution in [0.4, 0.5) is 10.1 Å². The molecule has 0 bridgehead atoms. The van der Waals surface area contributed by atoms with E-state index in [4.69, 9.17) is 11.6 Å². The lowest BCUT2D eigenvalue weighted by molar-refractivity contribution is 0.102. The Kier molecular flexibility index (Phi) is 3.81. The molecule has 19 heavy (non-hydrogen) atoms. The zero-order chi connectivity index (χ0) is 14.0. The van der Waals surface area contributed by atoms with Gasteiger partial charge in [-0.2, -0.15) is 0 Å². The second-order valence-electron chi connectivity index (χ2n) is 4.20. The minimum absolute atomic E-state index is 0.00866. The topological polar surface area (TPSA) is 42.0 Å². The van der Waals surface area contributed by atoms with Gasteiger partial charge in [0.15, 0.2) is 0 Å². The smallest absolute Gasteiger partial charge is 0.258 e. The van der Waals surface area contributed by atoms with Crippen molar-refractivity contribution >= 4 is 23.2 Å². The summed E-state index contributed by atoms with van der Waals surface area (Å²) in [6, 6.07) is 7.59. The molecule has 2 aromatic rings. The highest BCUT2D eigenvalue weighted by molar-refractivity contribution is 6.29. The number of benzene rings is 1. The van der Waals surface area contributed by atoms with E-state index in [2.05, 4.69) is 10.3 Å². The molecule has 0 aliphatic carbocycles. The van der Waals surface area contributed by atoms with E-state index in [1.54, 1.807) is 32.0 Å². The van der Waals surface area contributed by atoms with Crippen molar-refractivity contribution in [3.8, 4) is 0 Å². The largest absolute Gasteiger partial charge is 0.320 e. The van der Waals surface area contributed by atoms with Gasteiger partial charge in [-0.15, -0.1) is 0 Å². The number of hydrogen-bond donors (Lipinski definition) is 1. The van der Waals surface area contributed by atoms with Gasteiger partial charge in [-0.1, -0.05) is 23.2 Å². The van der Waals surface area contributed by atoms with Gasteiger partial charge in [-0.3, -0.25) is 4.79 Å². The van der Waals surface area contributed by atoms with E-state index < -0.39 is 11.7 Å². The molecule has 1 amide bonds. The maximum Gasteiger partial charge on any atom is 0.258 e. The van der Waals surface area contributed by atoms with Crippen LogP contribution < -0.4 is 5.32 Å². The van der Waals surface area contributed by atoms with Gasteiger partial charge in [0, 0.05) is 0 Å². The number of hydrogen-bond acceptors (Lipinski definition) is 2. The monoisotopic (exact) mass is 278 g/mol. The van der Waals surface area contributed by atoms with E-state index in [9.17, 15) is 9.18 Å². The number of anilines is 1. The minimum atomic E-state index is -0.553. The maximum absolute atomic E-state index is 13.6. The van der Waals surface area contributed by atoms with Crippen molar-refractivity contribution in [1.29, 1.82) is 0 Å². The van der Waals surface area contributed by atoms with Crippen LogP contribution in [0.25, 0.3) is 0 Å². The molecule has 5 heteroatoms. The molecule has 0 atom stereocenters. The first-order valence-electron chi connectivity index (χ1n) is 5.68. The highest BCUT2D eigenvalue weighted by Gasteiger charge is 2.13. The highest BCUT2D eigenvalue weighted by Crippen LogP contribution is 2.18. The van der Waals surface area contributed by atoms with Crippen LogP contribution in [0.3, 0.4) is 0 Å². The molecule has 0 aliphatic heterocycles. The van der Waals surface area contributed by atoms with Crippen molar-refractivity contribution in [3.63, 3.8) is 0 Å². The van der Waals surface area contributed by atoms with Crippen molar-refractivity contribution < 1.29 is 9.18 Å². The van der Waals surface area contributed by atoms with Gasteiger partial charge in [0.25, 0.3) is 5.91 Å². The predicted molar refractivity (Wildman–Crippen MR) is 73.1 cm³/mol. The number of aromatic nitrogens is 1. The fourth-order valence-electron chi connectivity index (χ4n) is 1.67. The maximum atomic E-state index is 13.6. The first-order valence-corrected chi connectivity index (χ1v) is 6.06. The fraction of sp³-hybridized carbons (Fsp3) is 0.143. The third kappa shape index (κ3) is 3.09. The van der Waals surface area contributed by atoms with Gasteiger partial charge in [0.1, 0.15) is 11.0 Å². The summed E-state index contributed by atoms with van der Waals surface area (Å²) in [5.74, 6) is -1.06. The molecule has 1 aromatic heterocycles. The Morgan fingerprint density at radius 3 is 2.68 bits per heavy atom. The Hall–Kier alpha value is -1.94. The minimum Gasteiger partial charge on any atom is -0.320 e. The molecule has 2 rings (SSSR count). The molecule has 0 saturated heterocycles. The van der Waals surface area contributed by atoms with Gasteiger partial charge >= 0.3 is 0 Å². The Bertz CT molecular complexity index is 643. The SMILES string of the molecule is Cc1ccc(F)c(C(=O)Nc2ccc(Cl)nc2C)c1. The third-order valence-electron chi connectivity index (χ3n) is 2.67. The lowest BCUT2D eigenvalue weighted by atomic mass is 10.1. The number of nitrogens with zero attached hydrogens (tertiary/aromatic N) is 1. The summed E-state index contributed by atoms with van der Waals surface area (Å²) in [7, 11) is 0. The van der Waals surface area contributed by atoms with Crippen molar-refractivity contribution in [3.05, 3.63) is 58.1 Å². The van der Waals surface area contributed by atoms with Gasteiger partial charge in [-0.05, 0) is 38.1 Å². The molecule has 3 nitrogen and oxygen atoms in total. The Morgan fingerprint density at radius 1 is 1.26 bits per heavy atom. The summed E-state index contributed by atoms with van der Waals surface area (Å²) in [6.07, 6.45) is 0. The number of carbonyl (C=O) groups excluding carboxylic acids is 1. The van der Waals surface area contributed by atoms with Gasteiger partial charge in [0.05, 0.1) is 16.9 Å². The van der Waals surface area contributed by atoms with Gasteiger partial charge < -0.3 is 5.32 Å². The number of halogens is 2. The molecular formula is C14H12ClFN2O. The van der Waals surface area contributed by atoms with Crippen LogP contribution in [0.2, 0.25) is 5.15 Å². The van der Waals surface area contributed by atoms with Crippen LogP contribution >= 0.6 is 11.6 Å². The van der Waals surface area contributed by atoms with E-state index in [0.717, 1.165) is 5.56 Å². The Morgan fingerprint density at radius 2 is 2.00 bits per heavy atom. The van der Waals surface area contributed by atoms with Crippen LogP contribution in [0.15, 0.2) is 30.3 Å². The lowest BCUT2D eigenvalue weighted by Crippen LogP contribution is -2.15. The summed E-state index contributed by atoms with van der Waals surface area (Å²) in [4.78, 5) is 16.0. The van der Waals surface area contributed by atoms with E-state index >= 15 is 0 Å². The number of nitrogens with one attached hydrogen (secondary N) is 1. The van der Waals surface area contributed by atoms with E-state index in [1.165, 1.54) is 12.1 Å². The summed E-state index contributed by atoms with van der Waals surface area (Å²) in [6.45, 7) is 3.51. The molecule has 0 unspecified atom stereocenters. The summed E-state index contributed by atoms with van der Waals surface area (Å²) < 4.78 is 13.6. The number of carbonyl (C=O) groups is 1. The molecule has 1 aromatic carbocycles. The summed E-state index contributed by atoms with van der Waals surface area (Å²) in [5, 5.41) is 2.97. The molecule has 0 radical (unpaired) electrons. The zero-order valence-electron chi connectivity index (χ0n) is 10.5. The van der Waals surface area contributed by atoms with Crippen molar-refractivity contribution in [1.82, 2.24) is 4.98 Å². The third-order valence-corrected chi connectivity index (χ3v) is 2.88. The standard InChI is InChI=1S/C14H12ClFN2O/c1-8-3-4-11(16)10(7-8)14(19)18-12-5-6-13(15)17-9(12)2/h3-7H,1-2H3,(H,18,19). The lowest BCUT2D eigenvalue weighted by Gasteiger charge is -2.09. The second-order valence-corrected chi connectivity index (χ2v) is 4.59. The molecule has 0 spiro atoms. The fourth-order valence-corrected chi connectivity index (χ4v) is 1.86.